The minimum Gasteiger partial charge on any atom is -0.384 e. The first-order valence-electron chi connectivity index (χ1n) is 7.38. The summed E-state index contributed by atoms with van der Waals surface area (Å²) in [7, 11) is 0. The van der Waals surface area contributed by atoms with Gasteiger partial charge in [-0.05, 0) is 37.1 Å². The zero-order valence-corrected chi connectivity index (χ0v) is 12.4. The van der Waals surface area contributed by atoms with Crippen molar-refractivity contribution in [3.8, 4) is 12.1 Å². The second kappa shape index (κ2) is 8.02. The smallest absolute Gasteiger partial charge is 0.237 e. The van der Waals surface area contributed by atoms with E-state index in [-0.39, 0.29) is 18.5 Å². The number of likely N-dealkylation sites (tertiary alicyclic amines) is 1. The van der Waals surface area contributed by atoms with Crippen LogP contribution < -0.4 is 10.6 Å². The summed E-state index contributed by atoms with van der Waals surface area (Å²) in [5, 5.41) is 24.0. The van der Waals surface area contributed by atoms with Crippen LogP contribution in [0.4, 0.5) is 5.69 Å². The number of rotatable bonds is 6. The molecule has 114 valence electrons. The van der Waals surface area contributed by atoms with Gasteiger partial charge in [0.05, 0.1) is 24.2 Å². The topological polar surface area (TPSA) is 91.9 Å². The highest BCUT2D eigenvalue weighted by atomic mass is 16.2. The lowest BCUT2D eigenvalue weighted by Gasteiger charge is -2.19. The van der Waals surface area contributed by atoms with Gasteiger partial charge in [-0.3, -0.25) is 4.79 Å². The summed E-state index contributed by atoms with van der Waals surface area (Å²) < 4.78 is 0. The molecule has 0 unspecified atom stereocenters. The van der Waals surface area contributed by atoms with Crippen LogP contribution in [0.15, 0.2) is 24.3 Å². The van der Waals surface area contributed by atoms with Gasteiger partial charge in [-0.15, -0.1) is 0 Å². The lowest BCUT2D eigenvalue weighted by molar-refractivity contribution is -0.130. The third-order valence-electron chi connectivity index (χ3n) is 3.64. The maximum absolute atomic E-state index is 12.0. The molecule has 0 aliphatic carbocycles. The molecule has 0 spiro atoms. The number of nitrogens with one attached hydrogen (secondary N) is 2. The molecule has 1 fully saturated rings. The first kappa shape index (κ1) is 15.8. The van der Waals surface area contributed by atoms with Gasteiger partial charge in [0.25, 0.3) is 0 Å². The Morgan fingerprint density at radius 3 is 2.73 bits per heavy atom. The van der Waals surface area contributed by atoms with Crippen molar-refractivity contribution in [1.82, 2.24) is 10.2 Å². The molecule has 22 heavy (non-hydrogen) atoms. The van der Waals surface area contributed by atoms with Crippen molar-refractivity contribution in [2.75, 3.05) is 31.5 Å². The second-order valence-corrected chi connectivity index (χ2v) is 5.17. The van der Waals surface area contributed by atoms with E-state index in [1.807, 2.05) is 12.1 Å². The van der Waals surface area contributed by atoms with Gasteiger partial charge < -0.3 is 15.5 Å². The Balaban J connectivity index is 1.64. The van der Waals surface area contributed by atoms with Gasteiger partial charge in [-0.25, -0.2) is 0 Å². The zero-order valence-electron chi connectivity index (χ0n) is 12.4. The van der Waals surface area contributed by atoms with Crippen molar-refractivity contribution in [3.05, 3.63) is 29.8 Å². The summed E-state index contributed by atoms with van der Waals surface area (Å²) >= 11 is 0. The Hall–Kier alpha value is -2.57. The number of carbonyl (C=O) groups is 1. The van der Waals surface area contributed by atoms with Crippen molar-refractivity contribution in [3.63, 3.8) is 0 Å². The number of hydrogen-bond donors (Lipinski definition) is 2. The number of nitriles is 2. The van der Waals surface area contributed by atoms with Crippen LogP contribution in [0, 0.1) is 22.7 Å². The van der Waals surface area contributed by atoms with Gasteiger partial charge in [0.15, 0.2) is 0 Å². The molecule has 2 N–H and O–H groups in total. The maximum atomic E-state index is 12.0. The molecule has 0 radical (unpaired) electrons. The Morgan fingerprint density at radius 2 is 2.05 bits per heavy atom. The molecule has 1 amide bonds. The number of carbonyl (C=O) groups excluding carboxylic acids is 1. The van der Waals surface area contributed by atoms with E-state index in [1.165, 1.54) is 0 Å². The highest BCUT2D eigenvalue weighted by Gasteiger charge is 2.27. The summed E-state index contributed by atoms with van der Waals surface area (Å²) in [6, 6.07) is 11.2. The third kappa shape index (κ3) is 4.21. The van der Waals surface area contributed by atoms with E-state index in [9.17, 15) is 4.79 Å². The summed E-state index contributed by atoms with van der Waals surface area (Å²) in [6.07, 6.45) is 1.69. The van der Waals surface area contributed by atoms with Crippen molar-refractivity contribution in [1.29, 1.82) is 10.5 Å². The molecule has 6 heteroatoms. The molecule has 1 aliphatic rings. The Bertz CT molecular complexity index is 584. The maximum Gasteiger partial charge on any atom is 0.237 e. The molecule has 1 heterocycles. The van der Waals surface area contributed by atoms with Crippen LogP contribution in [0.5, 0.6) is 0 Å². The van der Waals surface area contributed by atoms with Crippen LogP contribution >= 0.6 is 0 Å². The number of amides is 1. The Labute approximate surface area is 130 Å². The fourth-order valence-electron chi connectivity index (χ4n) is 2.45. The molecule has 0 aromatic heterocycles. The van der Waals surface area contributed by atoms with E-state index in [4.69, 9.17) is 10.5 Å². The largest absolute Gasteiger partial charge is 0.384 e. The highest BCUT2D eigenvalue weighted by Crippen LogP contribution is 2.15. The van der Waals surface area contributed by atoms with Crippen LogP contribution in [-0.2, 0) is 4.79 Å². The first-order valence-corrected chi connectivity index (χ1v) is 7.38. The van der Waals surface area contributed by atoms with Gasteiger partial charge >= 0.3 is 0 Å². The summed E-state index contributed by atoms with van der Waals surface area (Å²) in [6.45, 7) is 2.27. The lowest BCUT2D eigenvalue weighted by Crippen LogP contribution is -2.41. The van der Waals surface area contributed by atoms with Crippen LogP contribution in [0.25, 0.3) is 0 Å². The molecular formula is C16H19N5O. The van der Waals surface area contributed by atoms with Crippen molar-refractivity contribution < 1.29 is 4.79 Å². The number of anilines is 1. The highest BCUT2D eigenvalue weighted by molar-refractivity contribution is 5.79. The summed E-state index contributed by atoms with van der Waals surface area (Å²) in [5.74, 6) is -0.0116. The number of benzene rings is 1. The van der Waals surface area contributed by atoms with Crippen molar-refractivity contribution in [2.45, 2.75) is 18.9 Å². The van der Waals surface area contributed by atoms with Gasteiger partial charge in [-0.2, -0.15) is 10.5 Å². The molecule has 0 bridgehead atoms. The monoisotopic (exact) mass is 297 g/mol. The Morgan fingerprint density at radius 1 is 1.27 bits per heavy atom. The third-order valence-corrected chi connectivity index (χ3v) is 3.64. The quantitative estimate of drug-likeness (QED) is 0.766. The normalized spacial score (nSPS) is 16.8. The van der Waals surface area contributed by atoms with Gasteiger partial charge in [0.2, 0.25) is 5.91 Å². The predicted octanol–water partition coefficient (Wildman–Crippen LogP) is 1.07. The van der Waals surface area contributed by atoms with Crippen molar-refractivity contribution in [2.24, 2.45) is 0 Å². The SMILES string of the molecule is N#Cc1ccc(NCCNCC(=O)N2CCC[C@H]2C#N)cc1. The molecule has 0 saturated carbocycles. The average Bonchev–Trinajstić information content (AvgIpc) is 3.03. The molecule has 2 rings (SSSR count). The van der Waals surface area contributed by atoms with Crippen molar-refractivity contribution >= 4 is 11.6 Å². The average molecular weight is 297 g/mol. The predicted molar refractivity (Wildman–Crippen MR) is 82.9 cm³/mol. The lowest BCUT2D eigenvalue weighted by atomic mass is 10.2. The summed E-state index contributed by atoms with van der Waals surface area (Å²) in [4.78, 5) is 13.6. The molecule has 1 aromatic carbocycles. The molecule has 1 atom stereocenters. The fraction of sp³-hybridized carbons (Fsp3) is 0.438. The zero-order chi connectivity index (χ0) is 15.8. The molecule has 1 aliphatic heterocycles. The first-order chi connectivity index (χ1) is 10.7. The minimum atomic E-state index is -0.258. The van der Waals surface area contributed by atoms with Crippen LogP contribution in [0.3, 0.4) is 0 Å². The molecule has 1 aromatic rings. The summed E-state index contributed by atoms with van der Waals surface area (Å²) in [5.41, 5.74) is 1.57. The number of nitrogens with zero attached hydrogens (tertiary/aromatic N) is 3. The number of hydrogen-bond acceptors (Lipinski definition) is 5. The molecule has 1 saturated heterocycles. The van der Waals surface area contributed by atoms with Crippen LogP contribution in [0.2, 0.25) is 0 Å². The standard InChI is InChI=1S/C16H19N5O/c17-10-13-3-5-14(6-4-13)20-8-7-19-12-16(22)21-9-1-2-15(21)11-18/h3-6,15,19-20H,1-2,7-9,12H2/t15-/m0/s1. The Kier molecular flexibility index (Phi) is 5.76. The van der Waals surface area contributed by atoms with Gasteiger partial charge in [-0.1, -0.05) is 0 Å². The van der Waals surface area contributed by atoms with Gasteiger partial charge in [0, 0.05) is 25.3 Å². The fourth-order valence-corrected chi connectivity index (χ4v) is 2.45. The van der Waals surface area contributed by atoms with E-state index in [0.717, 1.165) is 18.5 Å². The van der Waals surface area contributed by atoms with E-state index in [2.05, 4.69) is 22.8 Å². The van der Waals surface area contributed by atoms with Crippen LogP contribution in [-0.4, -0.2) is 43.0 Å². The minimum absolute atomic E-state index is 0.0116. The van der Waals surface area contributed by atoms with E-state index in [0.29, 0.717) is 25.2 Å². The van der Waals surface area contributed by atoms with Crippen LogP contribution in [0.1, 0.15) is 18.4 Å². The van der Waals surface area contributed by atoms with E-state index in [1.54, 1.807) is 17.0 Å². The second-order valence-electron chi connectivity index (χ2n) is 5.17. The molecular weight excluding hydrogens is 278 g/mol. The van der Waals surface area contributed by atoms with E-state index < -0.39 is 0 Å². The van der Waals surface area contributed by atoms with E-state index >= 15 is 0 Å². The van der Waals surface area contributed by atoms with Gasteiger partial charge in [0.1, 0.15) is 6.04 Å². The molecule has 6 nitrogen and oxygen atoms in total.